The fraction of sp³-hybridized carbons (Fsp3) is 0.333. The van der Waals surface area contributed by atoms with Crippen molar-refractivity contribution in [2.45, 2.75) is 12.2 Å². The molecule has 0 aromatic heterocycles. The molecule has 2 rings (SSSR count). The molecule has 9 nitrogen and oxygen atoms in total. The highest BCUT2D eigenvalue weighted by molar-refractivity contribution is 5.35. The Morgan fingerprint density at radius 3 is 1.33 bits per heavy atom. The van der Waals surface area contributed by atoms with Gasteiger partial charge in [-0.25, -0.2) is 0 Å². The lowest BCUT2D eigenvalue weighted by Crippen LogP contribution is -2.18. The van der Waals surface area contributed by atoms with E-state index in [4.69, 9.17) is 14.2 Å². The number of nitrogens with zero attached hydrogens (tertiary/aromatic N) is 2. The van der Waals surface area contributed by atoms with Crippen LogP contribution in [0.4, 0.5) is 11.4 Å². The molecule has 0 saturated heterocycles. The number of hydrogen-bond acceptors (Lipinski definition) is 7. The minimum Gasteiger partial charge on any atom is -0.382 e. The number of hydrogen-bond donors (Lipinski definition) is 0. The van der Waals surface area contributed by atoms with Crippen molar-refractivity contribution in [1.29, 1.82) is 0 Å². The van der Waals surface area contributed by atoms with Crippen molar-refractivity contribution in [3.05, 3.63) is 79.9 Å². The Morgan fingerprint density at radius 2 is 1.07 bits per heavy atom. The molecular weight excluding hydrogens is 356 g/mol. The van der Waals surface area contributed by atoms with E-state index < -0.39 is 22.1 Å². The predicted octanol–water partition coefficient (Wildman–Crippen LogP) is 3.59. The maximum absolute atomic E-state index is 10.8. The van der Waals surface area contributed by atoms with Crippen molar-refractivity contribution in [3.63, 3.8) is 0 Å². The predicted molar refractivity (Wildman–Crippen MR) is 96.5 cm³/mol. The van der Waals surface area contributed by atoms with E-state index in [-0.39, 0.29) is 24.6 Å². The van der Waals surface area contributed by atoms with E-state index in [1.54, 1.807) is 24.3 Å². The van der Waals surface area contributed by atoms with Gasteiger partial charge in [0, 0.05) is 38.5 Å². The third kappa shape index (κ3) is 5.55. The van der Waals surface area contributed by atoms with Gasteiger partial charge in [0.05, 0.1) is 23.1 Å². The van der Waals surface area contributed by atoms with Crippen LogP contribution in [-0.4, -0.2) is 37.3 Å². The van der Waals surface area contributed by atoms with Crippen molar-refractivity contribution in [2.75, 3.05) is 27.4 Å². The number of benzene rings is 2. The van der Waals surface area contributed by atoms with Gasteiger partial charge in [0.1, 0.15) is 12.2 Å². The third-order valence-electron chi connectivity index (χ3n) is 3.92. The molecule has 9 heteroatoms. The molecule has 0 radical (unpaired) electrons. The van der Waals surface area contributed by atoms with Crippen LogP contribution < -0.4 is 0 Å². The van der Waals surface area contributed by atoms with Crippen LogP contribution in [0.2, 0.25) is 0 Å². The molecule has 27 heavy (non-hydrogen) atoms. The monoisotopic (exact) mass is 376 g/mol. The van der Waals surface area contributed by atoms with E-state index in [1.807, 2.05) is 0 Å². The average Bonchev–Trinajstić information content (AvgIpc) is 2.67. The molecule has 0 N–H and O–H groups in total. The summed E-state index contributed by atoms with van der Waals surface area (Å²) in [6.45, 7) is 0.454. The van der Waals surface area contributed by atoms with Crippen LogP contribution in [0, 0.1) is 20.2 Å². The van der Waals surface area contributed by atoms with Gasteiger partial charge in [-0.15, -0.1) is 0 Å². The summed E-state index contributed by atoms with van der Waals surface area (Å²) in [4.78, 5) is 20.7. The first kappa shape index (κ1) is 20.4. The fourth-order valence-corrected chi connectivity index (χ4v) is 2.55. The second-order valence-electron chi connectivity index (χ2n) is 5.72. The highest BCUT2D eigenvalue weighted by atomic mass is 16.6. The molecule has 0 bridgehead atoms. The number of ether oxygens (including phenoxy) is 3. The molecule has 2 aromatic carbocycles. The van der Waals surface area contributed by atoms with E-state index in [2.05, 4.69) is 0 Å². The number of methoxy groups -OCH3 is 2. The lowest BCUT2D eigenvalue weighted by atomic mass is 10.1. The highest BCUT2D eigenvalue weighted by Gasteiger charge is 2.21. The Kier molecular flexibility index (Phi) is 7.35. The van der Waals surface area contributed by atoms with Gasteiger partial charge in [-0.05, 0) is 35.4 Å². The summed E-state index contributed by atoms with van der Waals surface area (Å²) in [5, 5.41) is 21.6. The average molecular weight is 376 g/mol. The van der Waals surface area contributed by atoms with Gasteiger partial charge in [-0.1, -0.05) is 0 Å². The van der Waals surface area contributed by atoms with E-state index >= 15 is 0 Å². The lowest BCUT2D eigenvalue weighted by molar-refractivity contribution is -0.385. The van der Waals surface area contributed by atoms with Crippen LogP contribution in [0.25, 0.3) is 0 Å². The topological polar surface area (TPSA) is 114 Å². The zero-order valence-corrected chi connectivity index (χ0v) is 14.9. The first-order valence-corrected chi connectivity index (χ1v) is 8.08. The zero-order valence-electron chi connectivity index (χ0n) is 14.9. The van der Waals surface area contributed by atoms with Crippen molar-refractivity contribution in [3.8, 4) is 0 Å². The van der Waals surface area contributed by atoms with Crippen molar-refractivity contribution >= 4 is 11.4 Å². The van der Waals surface area contributed by atoms with Gasteiger partial charge in [0.15, 0.2) is 0 Å². The number of non-ortho nitro benzene ring substituents is 2. The van der Waals surface area contributed by atoms with E-state index in [9.17, 15) is 20.2 Å². The molecule has 0 aliphatic rings. The first-order valence-electron chi connectivity index (χ1n) is 8.08. The van der Waals surface area contributed by atoms with Gasteiger partial charge in [0.25, 0.3) is 11.4 Å². The Labute approximate surface area is 155 Å². The molecule has 0 unspecified atom stereocenters. The molecule has 2 atom stereocenters. The van der Waals surface area contributed by atoms with Crippen LogP contribution in [0.1, 0.15) is 23.3 Å². The summed E-state index contributed by atoms with van der Waals surface area (Å²) >= 11 is 0. The number of rotatable bonds is 10. The summed E-state index contributed by atoms with van der Waals surface area (Å²) in [5.41, 5.74) is 1.40. The fourth-order valence-electron chi connectivity index (χ4n) is 2.55. The van der Waals surface area contributed by atoms with E-state index in [1.165, 1.54) is 38.5 Å². The molecule has 2 aromatic rings. The molecule has 0 heterocycles. The molecule has 0 saturated carbocycles. The number of nitro benzene ring substituents is 2. The maximum atomic E-state index is 10.8. The van der Waals surface area contributed by atoms with Crippen LogP contribution >= 0.6 is 0 Å². The van der Waals surface area contributed by atoms with Crippen LogP contribution in [-0.2, 0) is 14.2 Å². The third-order valence-corrected chi connectivity index (χ3v) is 3.92. The molecule has 0 aliphatic carbocycles. The minimum absolute atomic E-state index is 0.0151. The standard InChI is InChI=1S/C18H20N2O7/c1-25-11-17(13-3-7-15(8-4-13)19(21)22)27-18(12-26-2)14-5-9-16(10-6-14)20(23)24/h3-10,17-18H,11-12H2,1-2H3/t17-,18-/m1/s1. The van der Waals surface area contributed by atoms with Gasteiger partial charge >= 0.3 is 0 Å². The van der Waals surface area contributed by atoms with Crippen LogP contribution in [0.3, 0.4) is 0 Å². The van der Waals surface area contributed by atoms with Gasteiger partial charge < -0.3 is 14.2 Å². The Morgan fingerprint density at radius 1 is 0.741 bits per heavy atom. The van der Waals surface area contributed by atoms with Crippen molar-refractivity contribution < 1.29 is 24.1 Å². The summed E-state index contributed by atoms with van der Waals surface area (Å²) < 4.78 is 16.5. The summed E-state index contributed by atoms with van der Waals surface area (Å²) in [5.74, 6) is 0. The van der Waals surface area contributed by atoms with Crippen LogP contribution in [0.15, 0.2) is 48.5 Å². The second-order valence-corrected chi connectivity index (χ2v) is 5.72. The largest absolute Gasteiger partial charge is 0.382 e. The summed E-state index contributed by atoms with van der Waals surface area (Å²) in [6.07, 6.45) is -0.989. The normalized spacial score (nSPS) is 13.1. The quantitative estimate of drug-likeness (QED) is 0.460. The molecule has 0 aliphatic heterocycles. The highest BCUT2D eigenvalue weighted by Crippen LogP contribution is 2.29. The Bertz CT molecular complexity index is 697. The van der Waals surface area contributed by atoms with Crippen molar-refractivity contribution in [1.82, 2.24) is 0 Å². The van der Waals surface area contributed by atoms with Gasteiger partial charge in [-0.3, -0.25) is 20.2 Å². The first-order chi connectivity index (χ1) is 13.0. The van der Waals surface area contributed by atoms with Crippen molar-refractivity contribution in [2.24, 2.45) is 0 Å². The second kappa shape index (κ2) is 9.72. The SMILES string of the molecule is COC[C@@H](O[C@H](COC)c1ccc([N+](=O)[O-])cc1)c1ccc([N+](=O)[O-])cc1. The smallest absolute Gasteiger partial charge is 0.269 e. The van der Waals surface area contributed by atoms with Crippen LogP contribution in [0.5, 0.6) is 0 Å². The maximum Gasteiger partial charge on any atom is 0.269 e. The molecule has 144 valence electrons. The van der Waals surface area contributed by atoms with E-state index in [0.717, 1.165) is 0 Å². The molecule has 0 fully saturated rings. The molecule has 0 spiro atoms. The Balaban J connectivity index is 2.23. The number of nitro groups is 2. The summed E-state index contributed by atoms with van der Waals surface area (Å²) in [7, 11) is 3.05. The van der Waals surface area contributed by atoms with E-state index in [0.29, 0.717) is 11.1 Å². The molecule has 0 amide bonds. The minimum atomic E-state index is -0.494. The Hall–Kier alpha value is -2.88. The summed E-state index contributed by atoms with van der Waals surface area (Å²) in [6, 6.07) is 12.1. The molecular formula is C18H20N2O7. The van der Waals surface area contributed by atoms with Gasteiger partial charge in [0.2, 0.25) is 0 Å². The zero-order chi connectivity index (χ0) is 19.8. The van der Waals surface area contributed by atoms with Gasteiger partial charge in [-0.2, -0.15) is 0 Å². The lowest BCUT2D eigenvalue weighted by Gasteiger charge is -2.25.